The Morgan fingerprint density at radius 2 is 2.16 bits per heavy atom. The Morgan fingerprint density at radius 1 is 1.37 bits per heavy atom. The molecule has 5 heteroatoms. The van der Waals surface area contributed by atoms with E-state index in [4.69, 9.17) is 0 Å². The summed E-state index contributed by atoms with van der Waals surface area (Å²) in [5.74, 6) is -0.233. The predicted molar refractivity (Wildman–Crippen MR) is 74.6 cm³/mol. The third-order valence-corrected chi connectivity index (χ3v) is 2.44. The Morgan fingerprint density at radius 3 is 2.79 bits per heavy atom. The van der Waals surface area contributed by atoms with Crippen LogP contribution in [0.3, 0.4) is 0 Å². The fourth-order valence-electron chi connectivity index (χ4n) is 1.37. The van der Waals surface area contributed by atoms with Gasteiger partial charge in [-0.15, -0.1) is 0 Å². The summed E-state index contributed by atoms with van der Waals surface area (Å²) in [5, 5.41) is 6.80. The van der Waals surface area contributed by atoms with E-state index in [1.807, 2.05) is 0 Å². The first-order chi connectivity index (χ1) is 9.15. The zero-order chi connectivity index (χ0) is 14.1. The summed E-state index contributed by atoms with van der Waals surface area (Å²) in [6.07, 6.45) is 4.80. The first-order valence-electron chi connectivity index (χ1n) is 5.78. The molecule has 1 aromatic heterocycles. The number of hydrogen-bond acceptors (Lipinski definition) is 5. The molecule has 0 spiro atoms. The van der Waals surface area contributed by atoms with Crippen molar-refractivity contribution < 1.29 is 9.59 Å². The van der Waals surface area contributed by atoms with E-state index < -0.39 is 0 Å². The molecule has 1 rings (SSSR count). The van der Waals surface area contributed by atoms with E-state index >= 15 is 0 Å². The highest BCUT2D eigenvalue weighted by molar-refractivity contribution is 6.02. The molecule has 1 heterocycles. The van der Waals surface area contributed by atoms with Gasteiger partial charge in [-0.3, -0.25) is 14.6 Å². The quantitative estimate of drug-likeness (QED) is 0.325. The topological polar surface area (TPSA) is 71.8 Å². The van der Waals surface area contributed by atoms with Crippen LogP contribution in [0.4, 0.5) is 0 Å². The lowest BCUT2D eigenvalue weighted by Gasteiger charge is -2.00. The minimum atomic E-state index is -0.136. The molecule has 0 atom stereocenters. The molecule has 0 aliphatic rings. The van der Waals surface area contributed by atoms with E-state index in [0.29, 0.717) is 11.3 Å². The first kappa shape index (κ1) is 14.6. The van der Waals surface area contributed by atoms with Gasteiger partial charge in [0.05, 0.1) is 0 Å². The van der Waals surface area contributed by atoms with Gasteiger partial charge in [-0.1, -0.05) is 6.07 Å². The Labute approximate surface area is 111 Å². The molecular weight excluding hydrogens is 242 g/mol. The fourth-order valence-corrected chi connectivity index (χ4v) is 1.37. The summed E-state index contributed by atoms with van der Waals surface area (Å²) in [5.41, 5.74) is 0.913. The van der Waals surface area contributed by atoms with E-state index in [1.54, 1.807) is 37.4 Å². The average molecular weight is 257 g/mol. The van der Waals surface area contributed by atoms with E-state index in [0.717, 1.165) is 0 Å². The van der Waals surface area contributed by atoms with E-state index in [-0.39, 0.29) is 24.4 Å². The normalized spacial score (nSPS) is 11.5. The van der Waals surface area contributed by atoms with Crippen molar-refractivity contribution in [1.82, 2.24) is 4.98 Å². The predicted octanol–water partition coefficient (Wildman–Crippen LogP) is 2.25. The number of carbonyl (C=O) groups excluding carboxylic acids is 2. The number of Topliss-reactive ketones (excluding diaryl/α,β-unsaturated/α-hetero) is 2. The number of aromatic nitrogens is 1. The van der Waals surface area contributed by atoms with Crippen LogP contribution < -0.4 is 0 Å². The molecule has 0 unspecified atom stereocenters. The van der Waals surface area contributed by atoms with Crippen LogP contribution >= 0.6 is 0 Å². The summed E-state index contributed by atoms with van der Waals surface area (Å²) < 4.78 is 0. The third kappa shape index (κ3) is 5.16. The van der Waals surface area contributed by atoms with Crippen molar-refractivity contribution in [2.45, 2.75) is 19.8 Å². The molecule has 0 aliphatic carbocycles. The lowest BCUT2D eigenvalue weighted by molar-refractivity contribution is -0.115. The molecule has 0 N–H and O–H groups in total. The van der Waals surface area contributed by atoms with Crippen molar-refractivity contribution in [3.63, 3.8) is 0 Å². The van der Waals surface area contributed by atoms with Crippen LogP contribution in [-0.2, 0) is 4.79 Å². The van der Waals surface area contributed by atoms with Crippen molar-refractivity contribution in [2.75, 3.05) is 0 Å². The van der Waals surface area contributed by atoms with Gasteiger partial charge < -0.3 is 0 Å². The second-order valence-electron chi connectivity index (χ2n) is 3.82. The largest absolute Gasteiger partial charge is 0.295 e. The minimum Gasteiger partial charge on any atom is -0.295 e. The monoisotopic (exact) mass is 257 g/mol. The van der Waals surface area contributed by atoms with Crippen LogP contribution in [0, 0.1) is 0 Å². The van der Waals surface area contributed by atoms with Crippen LogP contribution in [0.1, 0.15) is 30.3 Å². The average Bonchev–Trinajstić information content (AvgIpc) is 2.45. The summed E-state index contributed by atoms with van der Waals surface area (Å²) in [4.78, 5) is 27.4. The number of hydrogen-bond donors (Lipinski definition) is 0. The maximum atomic E-state index is 11.7. The fraction of sp³-hybridized carbons (Fsp3) is 0.214. The molecule has 0 saturated carbocycles. The smallest absolute Gasteiger partial charge is 0.181 e. The zero-order valence-electron chi connectivity index (χ0n) is 10.7. The van der Waals surface area contributed by atoms with Gasteiger partial charge in [0.15, 0.2) is 11.6 Å². The standard InChI is InChI=1S/C14H15N3O2/c1-11(8-10-17-15-2)13(18)6-7-14(19)12-5-3-4-9-16-12/h3-5,8-10H,2,6-7H2,1H3/b11-8+,17-10-. The highest BCUT2D eigenvalue weighted by Crippen LogP contribution is 2.06. The Bertz CT molecular complexity index is 519. The van der Waals surface area contributed by atoms with Crippen LogP contribution in [0.5, 0.6) is 0 Å². The van der Waals surface area contributed by atoms with Gasteiger partial charge in [0.25, 0.3) is 0 Å². The summed E-state index contributed by atoms with van der Waals surface area (Å²) in [6.45, 7) is 4.85. The molecule has 0 radical (unpaired) electrons. The van der Waals surface area contributed by atoms with Gasteiger partial charge in [-0.25, -0.2) is 0 Å². The molecule has 0 bridgehead atoms. The van der Waals surface area contributed by atoms with Crippen molar-refractivity contribution in [3.05, 3.63) is 41.7 Å². The van der Waals surface area contributed by atoms with E-state index in [1.165, 1.54) is 6.21 Å². The maximum Gasteiger partial charge on any atom is 0.181 e. The summed E-state index contributed by atoms with van der Waals surface area (Å²) in [7, 11) is 0. The number of nitrogens with zero attached hydrogens (tertiary/aromatic N) is 3. The first-order valence-corrected chi connectivity index (χ1v) is 5.78. The van der Waals surface area contributed by atoms with Crippen molar-refractivity contribution in [3.8, 4) is 0 Å². The molecule has 0 saturated heterocycles. The molecular formula is C14H15N3O2. The van der Waals surface area contributed by atoms with Crippen molar-refractivity contribution in [2.24, 2.45) is 10.2 Å². The molecule has 0 aromatic carbocycles. The maximum absolute atomic E-state index is 11.7. The minimum absolute atomic E-state index is 0.0974. The van der Waals surface area contributed by atoms with Crippen molar-refractivity contribution in [1.29, 1.82) is 0 Å². The summed E-state index contributed by atoms with van der Waals surface area (Å²) in [6, 6.07) is 5.12. The highest BCUT2D eigenvalue weighted by atomic mass is 16.1. The summed E-state index contributed by atoms with van der Waals surface area (Å²) >= 11 is 0. The Balaban J connectivity index is 2.51. The number of allylic oxidation sites excluding steroid dienone is 2. The van der Waals surface area contributed by atoms with Crippen molar-refractivity contribution >= 4 is 24.5 Å². The molecule has 1 aromatic rings. The molecule has 0 aliphatic heterocycles. The van der Waals surface area contributed by atoms with Crippen LogP contribution in [0.25, 0.3) is 0 Å². The van der Waals surface area contributed by atoms with Gasteiger partial charge in [-0.2, -0.15) is 10.2 Å². The number of carbonyl (C=O) groups is 2. The van der Waals surface area contributed by atoms with E-state index in [9.17, 15) is 9.59 Å². The number of rotatable bonds is 7. The molecule has 98 valence electrons. The molecule has 5 nitrogen and oxygen atoms in total. The van der Waals surface area contributed by atoms with Crippen LogP contribution in [-0.4, -0.2) is 29.5 Å². The van der Waals surface area contributed by atoms with Gasteiger partial charge in [0.1, 0.15) is 5.69 Å². The van der Waals surface area contributed by atoms with E-state index in [2.05, 4.69) is 21.9 Å². The number of pyridine rings is 1. The van der Waals surface area contributed by atoms with Gasteiger partial charge in [0.2, 0.25) is 0 Å². The third-order valence-electron chi connectivity index (χ3n) is 2.44. The Kier molecular flexibility index (Phi) is 6.02. The Hall–Kier alpha value is -2.43. The lowest BCUT2D eigenvalue weighted by atomic mass is 10.0. The molecule has 19 heavy (non-hydrogen) atoms. The van der Waals surface area contributed by atoms with Crippen LogP contribution in [0.15, 0.2) is 46.2 Å². The second kappa shape index (κ2) is 7.81. The highest BCUT2D eigenvalue weighted by Gasteiger charge is 2.10. The molecule has 0 amide bonds. The molecule has 0 fully saturated rings. The van der Waals surface area contributed by atoms with Crippen LogP contribution in [0.2, 0.25) is 0 Å². The second-order valence-corrected chi connectivity index (χ2v) is 3.82. The lowest BCUT2D eigenvalue weighted by Crippen LogP contribution is -2.07. The van der Waals surface area contributed by atoms with Gasteiger partial charge in [-0.05, 0) is 30.7 Å². The number of ketones is 2. The van der Waals surface area contributed by atoms with Gasteiger partial charge in [0, 0.05) is 32.0 Å². The van der Waals surface area contributed by atoms with Gasteiger partial charge >= 0.3 is 0 Å². The SMILES string of the molecule is C=N/N=C\C=C(/C)C(=O)CCC(=O)c1ccccn1. The zero-order valence-corrected chi connectivity index (χ0v) is 10.7.